The molecule has 0 aromatic heterocycles. The zero-order valence-corrected chi connectivity index (χ0v) is 13.3. The molecule has 0 radical (unpaired) electrons. The summed E-state index contributed by atoms with van der Waals surface area (Å²) < 4.78 is 5.48. The summed E-state index contributed by atoms with van der Waals surface area (Å²) in [5.74, 6) is 0. The maximum absolute atomic E-state index is 9.99. The third-order valence-electron chi connectivity index (χ3n) is 4.38. The highest BCUT2D eigenvalue weighted by molar-refractivity contribution is 4.83. The predicted octanol–water partition coefficient (Wildman–Crippen LogP) is 3.06. The average Bonchev–Trinajstić information content (AvgIpc) is 2.34. The molecule has 1 rings (SSSR count). The normalized spacial score (nSPS) is 21.8. The molecule has 1 N–H and O–H groups in total. The van der Waals surface area contributed by atoms with Crippen molar-refractivity contribution in [1.82, 2.24) is 4.90 Å². The van der Waals surface area contributed by atoms with Gasteiger partial charge in [-0.3, -0.25) is 0 Å². The van der Waals surface area contributed by atoms with Crippen LogP contribution >= 0.6 is 0 Å². The molecule has 0 bridgehead atoms. The molecule has 0 aromatic rings. The number of unbranched alkanes of at least 4 members (excludes halogenated alkanes) is 1. The van der Waals surface area contributed by atoms with Gasteiger partial charge in [0.1, 0.15) is 0 Å². The maximum Gasteiger partial charge on any atom is 0.0900 e. The third-order valence-corrected chi connectivity index (χ3v) is 4.38. The van der Waals surface area contributed by atoms with Crippen LogP contribution in [0.2, 0.25) is 0 Å². The minimum Gasteiger partial charge on any atom is -0.389 e. The van der Waals surface area contributed by atoms with Gasteiger partial charge < -0.3 is 14.7 Å². The van der Waals surface area contributed by atoms with Gasteiger partial charge in [0.25, 0.3) is 0 Å². The maximum atomic E-state index is 9.99. The Morgan fingerprint density at radius 2 is 1.95 bits per heavy atom. The lowest BCUT2D eigenvalue weighted by Gasteiger charge is -2.39. The average molecular weight is 271 g/mol. The molecule has 0 heterocycles. The van der Waals surface area contributed by atoms with E-state index in [-0.39, 0.29) is 6.10 Å². The quantitative estimate of drug-likeness (QED) is 0.689. The Labute approximate surface area is 119 Å². The van der Waals surface area contributed by atoms with Crippen LogP contribution in [0.5, 0.6) is 0 Å². The summed E-state index contributed by atoms with van der Waals surface area (Å²) in [4.78, 5) is 2.32. The third kappa shape index (κ3) is 6.73. The molecule has 0 spiro atoms. The van der Waals surface area contributed by atoms with Crippen LogP contribution in [0.15, 0.2) is 0 Å². The van der Waals surface area contributed by atoms with E-state index in [0.717, 1.165) is 26.0 Å². The van der Waals surface area contributed by atoms with E-state index in [1.807, 2.05) is 0 Å². The molecule has 0 aromatic carbocycles. The molecular weight excluding hydrogens is 238 g/mol. The van der Waals surface area contributed by atoms with Gasteiger partial charge in [0.15, 0.2) is 0 Å². The van der Waals surface area contributed by atoms with Crippen LogP contribution in [-0.2, 0) is 4.74 Å². The summed E-state index contributed by atoms with van der Waals surface area (Å²) in [5.41, 5.74) is 0.513. The number of likely N-dealkylation sites (N-methyl/N-ethyl adjacent to an activating group) is 1. The topological polar surface area (TPSA) is 32.7 Å². The van der Waals surface area contributed by atoms with Crippen molar-refractivity contribution >= 4 is 0 Å². The SMILES string of the molecule is CCCCOCC(O)CN(C)C1CCC(C)(C)CC1. The van der Waals surface area contributed by atoms with Crippen molar-refractivity contribution in [2.45, 2.75) is 71.4 Å². The van der Waals surface area contributed by atoms with Crippen LogP contribution in [0.3, 0.4) is 0 Å². The Bertz CT molecular complexity index is 233. The standard InChI is InChI=1S/C16H33NO2/c1-5-6-11-19-13-15(18)12-17(4)14-7-9-16(2,3)10-8-14/h14-15,18H,5-13H2,1-4H3. The lowest BCUT2D eigenvalue weighted by Crippen LogP contribution is -2.42. The number of aliphatic hydroxyl groups is 1. The number of hydrogen-bond donors (Lipinski definition) is 1. The van der Waals surface area contributed by atoms with Gasteiger partial charge in [-0.05, 0) is 44.6 Å². The smallest absolute Gasteiger partial charge is 0.0900 e. The lowest BCUT2D eigenvalue weighted by atomic mass is 9.75. The van der Waals surface area contributed by atoms with Gasteiger partial charge in [-0.2, -0.15) is 0 Å². The Hall–Kier alpha value is -0.120. The first kappa shape index (κ1) is 16.9. The first-order chi connectivity index (χ1) is 8.94. The fraction of sp³-hybridized carbons (Fsp3) is 1.00. The molecular formula is C16H33NO2. The van der Waals surface area contributed by atoms with E-state index >= 15 is 0 Å². The monoisotopic (exact) mass is 271 g/mol. The summed E-state index contributed by atoms with van der Waals surface area (Å²) in [6.07, 6.45) is 6.99. The number of rotatable bonds is 8. The molecule has 1 aliphatic carbocycles. The van der Waals surface area contributed by atoms with Gasteiger partial charge in [0.2, 0.25) is 0 Å². The highest BCUT2D eigenvalue weighted by atomic mass is 16.5. The Balaban J connectivity index is 2.17. The van der Waals surface area contributed by atoms with Crippen LogP contribution in [0.25, 0.3) is 0 Å². The molecule has 1 aliphatic rings. The van der Waals surface area contributed by atoms with E-state index in [2.05, 4.69) is 32.7 Å². The van der Waals surface area contributed by atoms with E-state index in [1.54, 1.807) is 0 Å². The highest BCUT2D eigenvalue weighted by Crippen LogP contribution is 2.36. The van der Waals surface area contributed by atoms with E-state index in [4.69, 9.17) is 4.74 Å². The number of hydrogen-bond acceptors (Lipinski definition) is 3. The minimum atomic E-state index is -0.350. The fourth-order valence-electron chi connectivity index (χ4n) is 2.82. The van der Waals surface area contributed by atoms with Crippen molar-refractivity contribution in [1.29, 1.82) is 0 Å². The summed E-state index contributed by atoms with van der Waals surface area (Å²) in [7, 11) is 2.14. The molecule has 0 saturated heterocycles. The Morgan fingerprint density at radius 1 is 1.32 bits per heavy atom. The second-order valence-electron chi connectivity index (χ2n) is 6.92. The summed E-state index contributed by atoms with van der Waals surface area (Å²) in [5, 5.41) is 9.99. The summed E-state index contributed by atoms with van der Waals surface area (Å²) in [6, 6.07) is 0.637. The van der Waals surface area contributed by atoms with Gasteiger partial charge >= 0.3 is 0 Å². The zero-order valence-electron chi connectivity index (χ0n) is 13.3. The van der Waals surface area contributed by atoms with Crippen molar-refractivity contribution in [3.05, 3.63) is 0 Å². The first-order valence-electron chi connectivity index (χ1n) is 7.90. The Kier molecular flexibility index (Phi) is 7.33. The molecule has 0 aliphatic heterocycles. The van der Waals surface area contributed by atoms with Crippen molar-refractivity contribution in [2.75, 3.05) is 26.8 Å². The molecule has 3 heteroatoms. The van der Waals surface area contributed by atoms with E-state index in [0.29, 0.717) is 18.1 Å². The molecule has 1 saturated carbocycles. The van der Waals surface area contributed by atoms with Crippen molar-refractivity contribution in [3.63, 3.8) is 0 Å². The summed E-state index contributed by atoms with van der Waals surface area (Å²) in [6.45, 7) is 8.85. The molecule has 3 nitrogen and oxygen atoms in total. The molecule has 0 amide bonds. The van der Waals surface area contributed by atoms with Crippen LogP contribution in [0.1, 0.15) is 59.3 Å². The van der Waals surface area contributed by atoms with Crippen molar-refractivity contribution in [2.24, 2.45) is 5.41 Å². The lowest BCUT2D eigenvalue weighted by molar-refractivity contribution is 0.00657. The van der Waals surface area contributed by atoms with Gasteiger partial charge in [-0.15, -0.1) is 0 Å². The molecule has 1 fully saturated rings. The van der Waals surface area contributed by atoms with E-state index < -0.39 is 0 Å². The fourth-order valence-corrected chi connectivity index (χ4v) is 2.82. The van der Waals surface area contributed by atoms with Gasteiger partial charge in [-0.25, -0.2) is 0 Å². The van der Waals surface area contributed by atoms with E-state index in [1.165, 1.54) is 25.7 Å². The van der Waals surface area contributed by atoms with Gasteiger partial charge in [0.05, 0.1) is 12.7 Å². The number of aliphatic hydroxyl groups excluding tert-OH is 1. The predicted molar refractivity (Wildman–Crippen MR) is 80.4 cm³/mol. The largest absolute Gasteiger partial charge is 0.389 e. The van der Waals surface area contributed by atoms with Crippen LogP contribution < -0.4 is 0 Å². The van der Waals surface area contributed by atoms with Crippen LogP contribution in [0, 0.1) is 5.41 Å². The zero-order chi connectivity index (χ0) is 14.3. The second-order valence-corrected chi connectivity index (χ2v) is 6.92. The second kappa shape index (κ2) is 8.23. The van der Waals surface area contributed by atoms with Crippen molar-refractivity contribution < 1.29 is 9.84 Å². The molecule has 1 atom stereocenters. The molecule has 19 heavy (non-hydrogen) atoms. The van der Waals surface area contributed by atoms with Gasteiger partial charge in [0, 0.05) is 19.2 Å². The van der Waals surface area contributed by atoms with E-state index in [9.17, 15) is 5.11 Å². The Morgan fingerprint density at radius 3 is 2.53 bits per heavy atom. The minimum absolute atomic E-state index is 0.350. The number of ether oxygens (including phenoxy) is 1. The van der Waals surface area contributed by atoms with Crippen LogP contribution in [0.4, 0.5) is 0 Å². The summed E-state index contributed by atoms with van der Waals surface area (Å²) >= 11 is 0. The first-order valence-corrected chi connectivity index (χ1v) is 7.90. The van der Waals surface area contributed by atoms with Crippen LogP contribution in [-0.4, -0.2) is 49.0 Å². The highest BCUT2D eigenvalue weighted by Gasteiger charge is 2.29. The number of nitrogens with zero attached hydrogens (tertiary/aromatic N) is 1. The van der Waals surface area contributed by atoms with Crippen molar-refractivity contribution in [3.8, 4) is 0 Å². The molecule has 114 valence electrons. The van der Waals surface area contributed by atoms with Gasteiger partial charge in [-0.1, -0.05) is 27.2 Å². The molecule has 1 unspecified atom stereocenters.